The van der Waals surface area contributed by atoms with Gasteiger partial charge in [-0.15, -0.1) is 0 Å². The first-order valence-corrected chi connectivity index (χ1v) is 9.18. The Hall–Kier alpha value is -3.06. The molecule has 8 heteroatoms. The summed E-state index contributed by atoms with van der Waals surface area (Å²) in [5.41, 5.74) is 1.60. The van der Waals surface area contributed by atoms with Crippen LogP contribution in [0.15, 0.2) is 42.5 Å². The molecular weight excluding hydrogens is 382 g/mol. The first kappa shape index (κ1) is 19.7. The molecule has 0 aromatic heterocycles. The molecule has 0 unspecified atom stereocenters. The average Bonchev–Trinajstić information content (AvgIpc) is 3.12. The van der Waals surface area contributed by atoms with Crippen molar-refractivity contribution in [3.8, 4) is 5.75 Å². The SMILES string of the molecule is COc1ccc(Cl)cc1NC(=O)CNC(=O)c1ccc(N2CCCC2=O)cc1. The normalized spacial score (nSPS) is 13.4. The summed E-state index contributed by atoms with van der Waals surface area (Å²) in [5.74, 6) is -0.234. The van der Waals surface area contributed by atoms with Crippen molar-refractivity contribution in [2.75, 3.05) is 30.4 Å². The van der Waals surface area contributed by atoms with Crippen LogP contribution >= 0.6 is 11.6 Å². The third-order valence-corrected chi connectivity index (χ3v) is 4.59. The van der Waals surface area contributed by atoms with E-state index in [0.717, 1.165) is 12.1 Å². The summed E-state index contributed by atoms with van der Waals surface area (Å²) in [6.45, 7) is 0.484. The van der Waals surface area contributed by atoms with E-state index in [-0.39, 0.29) is 18.4 Å². The van der Waals surface area contributed by atoms with Crippen LogP contribution in [0.5, 0.6) is 5.75 Å². The van der Waals surface area contributed by atoms with Gasteiger partial charge in [0.2, 0.25) is 11.8 Å². The second-order valence-corrected chi connectivity index (χ2v) is 6.71. The van der Waals surface area contributed by atoms with Crippen LogP contribution in [0.4, 0.5) is 11.4 Å². The number of amides is 3. The Balaban J connectivity index is 1.56. The van der Waals surface area contributed by atoms with Crippen LogP contribution in [0.2, 0.25) is 5.02 Å². The van der Waals surface area contributed by atoms with E-state index in [2.05, 4.69) is 10.6 Å². The molecule has 2 aromatic rings. The molecule has 0 bridgehead atoms. The molecule has 146 valence electrons. The van der Waals surface area contributed by atoms with Crippen molar-refractivity contribution < 1.29 is 19.1 Å². The number of halogens is 1. The number of ether oxygens (including phenoxy) is 1. The quantitative estimate of drug-likeness (QED) is 0.779. The van der Waals surface area contributed by atoms with E-state index >= 15 is 0 Å². The summed E-state index contributed by atoms with van der Waals surface area (Å²) >= 11 is 5.93. The third kappa shape index (κ3) is 4.61. The Kier molecular flexibility index (Phi) is 6.16. The van der Waals surface area contributed by atoms with Gasteiger partial charge < -0.3 is 20.3 Å². The Morgan fingerprint density at radius 1 is 1.18 bits per heavy atom. The maximum atomic E-state index is 12.3. The molecule has 7 nitrogen and oxygen atoms in total. The predicted molar refractivity (Wildman–Crippen MR) is 107 cm³/mol. The van der Waals surface area contributed by atoms with E-state index in [4.69, 9.17) is 16.3 Å². The van der Waals surface area contributed by atoms with Gasteiger partial charge in [-0.3, -0.25) is 14.4 Å². The second kappa shape index (κ2) is 8.75. The third-order valence-electron chi connectivity index (χ3n) is 4.36. The summed E-state index contributed by atoms with van der Waals surface area (Å²) in [4.78, 5) is 37.9. The number of benzene rings is 2. The van der Waals surface area contributed by atoms with Gasteiger partial charge in [0.05, 0.1) is 19.3 Å². The summed E-state index contributed by atoms with van der Waals surface area (Å²) < 4.78 is 5.17. The highest BCUT2D eigenvalue weighted by Gasteiger charge is 2.21. The molecule has 3 amide bonds. The van der Waals surface area contributed by atoms with E-state index in [1.807, 2.05) is 0 Å². The fraction of sp³-hybridized carbons (Fsp3) is 0.250. The molecule has 0 atom stereocenters. The van der Waals surface area contributed by atoms with E-state index < -0.39 is 5.91 Å². The van der Waals surface area contributed by atoms with Crippen molar-refractivity contribution in [2.45, 2.75) is 12.8 Å². The number of methoxy groups -OCH3 is 1. The van der Waals surface area contributed by atoms with Gasteiger partial charge in [0.1, 0.15) is 5.75 Å². The van der Waals surface area contributed by atoms with E-state index in [1.54, 1.807) is 47.4 Å². The highest BCUT2D eigenvalue weighted by Crippen LogP contribution is 2.27. The van der Waals surface area contributed by atoms with Crippen LogP contribution in [0.25, 0.3) is 0 Å². The van der Waals surface area contributed by atoms with Gasteiger partial charge in [-0.25, -0.2) is 0 Å². The minimum Gasteiger partial charge on any atom is -0.495 e. The largest absolute Gasteiger partial charge is 0.495 e. The van der Waals surface area contributed by atoms with Crippen molar-refractivity contribution in [1.29, 1.82) is 0 Å². The molecular formula is C20H20ClN3O4. The molecule has 2 N–H and O–H groups in total. The highest BCUT2D eigenvalue weighted by molar-refractivity contribution is 6.31. The Labute approximate surface area is 167 Å². The summed E-state index contributed by atoms with van der Waals surface area (Å²) in [5, 5.41) is 5.67. The lowest BCUT2D eigenvalue weighted by Crippen LogP contribution is -2.33. The van der Waals surface area contributed by atoms with Crippen molar-refractivity contribution in [3.05, 3.63) is 53.1 Å². The van der Waals surface area contributed by atoms with E-state index in [1.165, 1.54) is 7.11 Å². The number of anilines is 2. The van der Waals surface area contributed by atoms with Gasteiger partial charge in [0, 0.05) is 29.2 Å². The van der Waals surface area contributed by atoms with Crippen LogP contribution in [0, 0.1) is 0 Å². The monoisotopic (exact) mass is 401 g/mol. The maximum absolute atomic E-state index is 12.3. The maximum Gasteiger partial charge on any atom is 0.251 e. The van der Waals surface area contributed by atoms with Crippen molar-refractivity contribution in [1.82, 2.24) is 5.32 Å². The molecule has 1 fully saturated rings. The summed E-state index contributed by atoms with van der Waals surface area (Å²) in [6.07, 6.45) is 1.39. The Bertz CT molecular complexity index is 899. The molecule has 0 radical (unpaired) electrons. The van der Waals surface area contributed by atoms with Gasteiger partial charge in [-0.1, -0.05) is 11.6 Å². The molecule has 1 aliphatic rings. The van der Waals surface area contributed by atoms with Gasteiger partial charge >= 0.3 is 0 Å². The highest BCUT2D eigenvalue weighted by atomic mass is 35.5. The fourth-order valence-electron chi connectivity index (χ4n) is 2.95. The predicted octanol–water partition coefficient (Wildman–Crippen LogP) is 2.84. The van der Waals surface area contributed by atoms with Crippen LogP contribution in [-0.2, 0) is 9.59 Å². The van der Waals surface area contributed by atoms with Crippen LogP contribution in [0.3, 0.4) is 0 Å². The molecule has 28 heavy (non-hydrogen) atoms. The lowest BCUT2D eigenvalue weighted by Gasteiger charge is -2.15. The number of nitrogens with zero attached hydrogens (tertiary/aromatic N) is 1. The number of carbonyl (C=O) groups is 3. The smallest absolute Gasteiger partial charge is 0.251 e. The molecule has 2 aromatic carbocycles. The minimum absolute atomic E-state index is 0.0883. The zero-order valence-corrected chi connectivity index (χ0v) is 16.1. The number of hydrogen-bond donors (Lipinski definition) is 2. The first-order valence-electron chi connectivity index (χ1n) is 8.80. The first-order chi connectivity index (χ1) is 13.5. The number of carbonyl (C=O) groups excluding carboxylic acids is 3. The lowest BCUT2D eigenvalue weighted by molar-refractivity contribution is -0.117. The van der Waals surface area contributed by atoms with Crippen molar-refractivity contribution in [2.24, 2.45) is 0 Å². The van der Waals surface area contributed by atoms with E-state index in [0.29, 0.717) is 35.0 Å². The zero-order chi connectivity index (χ0) is 20.1. The van der Waals surface area contributed by atoms with Gasteiger partial charge in [-0.05, 0) is 48.9 Å². The summed E-state index contributed by atoms with van der Waals surface area (Å²) in [7, 11) is 1.49. The number of nitrogens with one attached hydrogen (secondary N) is 2. The van der Waals surface area contributed by atoms with Gasteiger partial charge in [-0.2, -0.15) is 0 Å². The van der Waals surface area contributed by atoms with E-state index in [9.17, 15) is 14.4 Å². The fourth-order valence-corrected chi connectivity index (χ4v) is 3.12. The Morgan fingerprint density at radius 3 is 2.57 bits per heavy atom. The molecule has 1 saturated heterocycles. The molecule has 0 aliphatic carbocycles. The molecule has 1 aliphatic heterocycles. The van der Waals surface area contributed by atoms with Gasteiger partial charge in [0.15, 0.2) is 0 Å². The molecule has 0 saturated carbocycles. The van der Waals surface area contributed by atoms with Crippen LogP contribution in [0.1, 0.15) is 23.2 Å². The molecule has 3 rings (SSSR count). The molecule has 0 spiro atoms. The average molecular weight is 402 g/mol. The van der Waals surface area contributed by atoms with Gasteiger partial charge in [0.25, 0.3) is 5.91 Å². The number of hydrogen-bond acceptors (Lipinski definition) is 4. The zero-order valence-electron chi connectivity index (χ0n) is 15.3. The van der Waals surface area contributed by atoms with Crippen LogP contribution in [-0.4, -0.2) is 37.9 Å². The topological polar surface area (TPSA) is 87.7 Å². The summed E-state index contributed by atoms with van der Waals surface area (Å²) in [6, 6.07) is 11.6. The standard InChI is InChI=1S/C20H20ClN3O4/c1-28-17-9-6-14(21)11-16(17)23-18(25)12-22-20(27)13-4-7-15(8-5-13)24-10-2-3-19(24)26/h4-9,11H,2-3,10,12H2,1H3,(H,22,27)(H,23,25). The second-order valence-electron chi connectivity index (χ2n) is 6.27. The Morgan fingerprint density at radius 2 is 1.93 bits per heavy atom. The van der Waals surface area contributed by atoms with Crippen molar-refractivity contribution >= 4 is 40.7 Å². The lowest BCUT2D eigenvalue weighted by atomic mass is 10.2. The number of rotatable bonds is 6. The van der Waals surface area contributed by atoms with Crippen molar-refractivity contribution in [3.63, 3.8) is 0 Å². The minimum atomic E-state index is -0.409. The van der Waals surface area contributed by atoms with Crippen LogP contribution < -0.4 is 20.3 Å². The molecule has 1 heterocycles.